The highest BCUT2D eigenvalue weighted by molar-refractivity contribution is 6.15. The van der Waals surface area contributed by atoms with Crippen molar-refractivity contribution in [3.05, 3.63) is 77.1 Å². The van der Waals surface area contributed by atoms with Gasteiger partial charge in [-0.25, -0.2) is 0 Å². The number of nitrogens with zero attached hydrogens (tertiary/aromatic N) is 1. The molecule has 0 aliphatic carbocycles. The van der Waals surface area contributed by atoms with Crippen LogP contribution in [0.4, 0.5) is 11.4 Å². The monoisotopic (exact) mass is 412 g/mol. The molecule has 0 bridgehead atoms. The van der Waals surface area contributed by atoms with Crippen molar-refractivity contribution in [1.82, 2.24) is 4.98 Å². The number of fused-ring (bicyclic) bond motifs is 3. The van der Waals surface area contributed by atoms with Crippen LogP contribution in [0.25, 0.3) is 21.8 Å². The number of rotatable bonds is 6. The van der Waals surface area contributed by atoms with Crippen LogP contribution >= 0.6 is 0 Å². The molecule has 0 amide bonds. The van der Waals surface area contributed by atoms with E-state index < -0.39 is 0 Å². The summed E-state index contributed by atoms with van der Waals surface area (Å²) < 4.78 is 0. The van der Waals surface area contributed by atoms with Crippen LogP contribution in [-0.4, -0.2) is 31.4 Å². The van der Waals surface area contributed by atoms with Crippen LogP contribution in [-0.2, 0) is 0 Å². The Morgan fingerprint density at radius 1 is 1.06 bits per heavy atom. The molecule has 31 heavy (non-hydrogen) atoms. The third-order valence-corrected chi connectivity index (χ3v) is 5.46. The third-order valence-electron chi connectivity index (χ3n) is 5.46. The molecule has 1 heterocycles. The number of aromatic nitrogens is 1. The average molecular weight is 413 g/mol. The lowest BCUT2D eigenvalue weighted by atomic mass is 10.0. The number of carbonyl (C=O) groups is 1. The molecule has 3 N–H and O–H groups in total. The number of hydrogen-bond acceptors (Lipinski definition) is 4. The van der Waals surface area contributed by atoms with Gasteiger partial charge in [0.25, 0.3) is 0 Å². The fourth-order valence-corrected chi connectivity index (χ4v) is 3.90. The third kappa shape index (κ3) is 3.91. The molecule has 158 valence electrons. The SMILES string of the molecule is CC(C)CNc1ccc(=N)c2c1[nH]c1cc(C(=O)c3ccccc3N(C)C)cccc12. The van der Waals surface area contributed by atoms with Crippen LogP contribution in [0.1, 0.15) is 29.8 Å². The Hall–Kier alpha value is -3.60. The van der Waals surface area contributed by atoms with Gasteiger partial charge in [0.15, 0.2) is 5.78 Å². The summed E-state index contributed by atoms with van der Waals surface area (Å²) in [5, 5.41) is 14.2. The first-order chi connectivity index (χ1) is 14.9. The molecule has 0 unspecified atom stereocenters. The molecule has 5 heteroatoms. The molecule has 4 aromatic rings. The van der Waals surface area contributed by atoms with Gasteiger partial charge in [0.1, 0.15) is 0 Å². The first kappa shape index (κ1) is 20.7. The van der Waals surface area contributed by atoms with Gasteiger partial charge in [0, 0.05) is 53.7 Å². The zero-order valence-electron chi connectivity index (χ0n) is 18.4. The van der Waals surface area contributed by atoms with Crippen molar-refractivity contribution in [3.8, 4) is 0 Å². The molecule has 5 nitrogen and oxygen atoms in total. The van der Waals surface area contributed by atoms with Gasteiger partial charge in [0.2, 0.25) is 0 Å². The second-order valence-electron chi connectivity index (χ2n) is 8.50. The summed E-state index contributed by atoms with van der Waals surface area (Å²) in [6.07, 6.45) is 0. The van der Waals surface area contributed by atoms with Crippen LogP contribution in [0.15, 0.2) is 60.7 Å². The minimum atomic E-state index is -0.0234. The molecule has 0 saturated carbocycles. The number of carbonyl (C=O) groups excluding carboxylic acids is 1. The molecule has 0 saturated heterocycles. The first-order valence-corrected chi connectivity index (χ1v) is 10.5. The lowest BCUT2D eigenvalue weighted by Crippen LogP contribution is -2.14. The Balaban J connectivity index is 1.88. The smallest absolute Gasteiger partial charge is 0.195 e. The second-order valence-corrected chi connectivity index (χ2v) is 8.50. The quantitative estimate of drug-likeness (QED) is 0.383. The number of para-hydroxylation sites is 1. The van der Waals surface area contributed by atoms with Crippen molar-refractivity contribution >= 4 is 39.0 Å². The largest absolute Gasteiger partial charge is 0.383 e. The molecule has 3 aromatic carbocycles. The number of H-pyrrole nitrogens is 1. The van der Waals surface area contributed by atoms with E-state index in [9.17, 15) is 4.79 Å². The summed E-state index contributed by atoms with van der Waals surface area (Å²) in [5.74, 6) is 0.485. The van der Waals surface area contributed by atoms with E-state index in [0.29, 0.717) is 22.4 Å². The van der Waals surface area contributed by atoms with Gasteiger partial charge in [-0.3, -0.25) is 4.79 Å². The predicted molar refractivity (Wildman–Crippen MR) is 129 cm³/mol. The van der Waals surface area contributed by atoms with E-state index in [1.165, 1.54) is 0 Å². The number of hydrogen-bond donors (Lipinski definition) is 3. The molecule has 0 radical (unpaired) electrons. The lowest BCUT2D eigenvalue weighted by Gasteiger charge is -2.16. The van der Waals surface area contributed by atoms with Crippen molar-refractivity contribution in [1.29, 1.82) is 5.41 Å². The molecule has 4 rings (SSSR count). The number of aromatic amines is 1. The van der Waals surface area contributed by atoms with Gasteiger partial charge in [0.05, 0.1) is 16.6 Å². The van der Waals surface area contributed by atoms with E-state index in [-0.39, 0.29) is 5.78 Å². The Kier molecular flexibility index (Phi) is 5.51. The highest BCUT2D eigenvalue weighted by Gasteiger charge is 2.16. The van der Waals surface area contributed by atoms with Crippen molar-refractivity contribution in [2.75, 3.05) is 30.9 Å². The summed E-state index contributed by atoms with van der Waals surface area (Å²) in [5.41, 5.74) is 4.90. The zero-order chi connectivity index (χ0) is 22.1. The minimum Gasteiger partial charge on any atom is -0.383 e. The van der Waals surface area contributed by atoms with Gasteiger partial charge in [-0.05, 0) is 36.2 Å². The maximum absolute atomic E-state index is 13.4. The van der Waals surface area contributed by atoms with E-state index in [2.05, 4.69) is 24.1 Å². The lowest BCUT2D eigenvalue weighted by molar-refractivity contribution is 0.103. The van der Waals surface area contributed by atoms with Gasteiger partial charge in [-0.1, -0.05) is 44.2 Å². The van der Waals surface area contributed by atoms with E-state index in [1.54, 1.807) is 0 Å². The fourth-order valence-electron chi connectivity index (χ4n) is 3.90. The van der Waals surface area contributed by atoms with Gasteiger partial charge in [-0.15, -0.1) is 0 Å². The second kappa shape index (κ2) is 8.26. The van der Waals surface area contributed by atoms with Crippen LogP contribution in [0, 0.1) is 11.3 Å². The zero-order valence-corrected chi connectivity index (χ0v) is 18.4. The number of ketones is 1. The molecule has 1 aromatic heterocycles. The highest BCUT2D eigenvalue weighted by Crippen LogP contribution is 2.29. The first-order valence-electron chi connectivity index (χ1n) is 10.5. The van der Waals surface area contributed by atoms with Crippen molar-refractivity contribution < 1.29 is 4.79 Å². The molecule has 0 atom stereocenters. The van der Waals surface area contributed by atoms with Crippen LogP contribution in [0.2, 0.25) is 0 Å². The van der Waals surface area contributed by atoms with Crippen molar-refractivity contribution in [2.24, 2.45) is 5.92 Å². The average Bonchev–Trinajstić information content (AvgIpc) is 2.98. The van der Waals surface area contributed by atoms with Crippen LogP contribution in [0.3, 0.4) is 0 Å². The molecular formula is C26H28N4O. The maximum Gasteiger partial charge on any atom is 0.195 e. The van der Waals surface area contributed by atoms with E-state index in [4.69, 9.17) is 5.41 Å². The predicted octanol–water partition coefficient (Wildman–Crippen LogP) is 5.17. The Morgan fingerprint density at radius 2 is 1.84 bits per heavy atom. The Bertz CT molecular complexity index is 1330. The van der Waals surface area contributed by atoms with E-state index in [0.717, 1.165) is 39.7 Å². The molecule has 0 fully saturated rings. The topological polar surface area (TPSA) is 72.0 Å². The fraction of sp³-hybridized carbons (Fsp3) is 0.231. The summed E-state index contributed by atoms with van der Waals surface area (Å²) in [6, 6.07) is 19.0. The summed E-state index contributed by atoms with van der Waals surface area (Å²) in [4.78, 5) is 18.8. The standard InChI is InChI=1S/C26H28N4O/c1-16(2)15-28-21-13-12-20(27)24-18-10-7-8-17(14-22(18)29-25(21)24)26(31)19-9-5-6-11-23(19)30(3)4/h5-14,16,27-29H,15H2,1-4H3. The maximum atomic E-state index is 13.4. The molecular weight excluding hydrogens is 384 g/mol. The Morgan fingerprint density at radius 3 is 2.58 bits per heavy atom. The van der Waals surface area contributed by atoms with Crippen molar-refractivity contribution in [3.63, 3.8) is 0 Å². The number of anilines is 2. The molecule has 0 aliphatic heterocycles. The van der Waals surface area contributed by atoms with E-state index >= 15 is 0 Å². The summed E-state index contributed by atoms with van der Waals surface area (Å²) in [6.45, 7) is 5.18. The van der Waals surface area contributed by atoms with Crippen molar-refractivity contribution in [2.45, 2.75) is 13.8 Å². The molecule has 0 spiro atoms. The summed E-state index contributed by atoms with van der Waals surface area (Å²) in [7, 11) is 3.88. The van der Waals surface area contributed by atoms with Crippen LogP contribution < -0.4 is 15.6 Å². The van der Waals surface area contributed by atoms with Gasteiger partial charge in [-0.2, -0.15) is 0 Å². The Labute approximate surface area is 182 Å². The van der Waals surface area contributed by atoms with E-state index in [1.807, 2.05) is 79.7 Å². The number of benzene rings is 2. The van der Waals surface area contributed by atoms with Gasteiger partial charge < -0.3 is 20.6 Å². The van der Waals surface area contributed by atoms with Gasteiger partial charge >= 0.3 is 0 Å². The minimum absolute atomic E-state index is 0.0234. The normalized spacial score (nSPS) is 11.3. The van der Waals surface area contributed by atoms with Crippen LogP contribution in [0.5, 0.6) is 0 Å². The highest BCUT2D eigenvalue weighted by atomic mass is 16.1. The molecule has 0 aliphatic rings. The summed E-state index contributed by atoms with van der Waals surface area (Å²) >= 11 is 0. The number of nitrogens with one attached hydrogen (secondary N) is 3.